The largest absolute Gasteiger partial charge is 0.497 e. The summed E-state index contributed by atoms with van der Waals surface area (Å²) in [7, 11) is 3.07. The second-order valence-corrected chi connectivity index (χ2v) is 7.68. The number of hydrogen-bond donors (Lipinski definition) is 2. The first-order valence-electron chi connectivity index (χ1n) is 10.2. The second-order valence-electron chi connectivity index (χ2n) is 6.74. The highest BCUT2D eigenvalue weighted by atomic mass is 32.2. The van der Waals surface area contributed by atoms with Gasteiger partial charge in [-0.05, 0) is 36.4 Å². The number of methoxy groups -OCH3 is 2. The molecule has 34 heavy (non-hydrogen) atoms. The van der Waals surface area contributed by atoms with Gasteiger partial charge >= 0.3 is 6.03 Å². The van der Waals surface area contributed by atoms with Crippen molar-refractivity contribution >= 4 is 23.7 Å². The van der Waals surface area contributed by atoms with Crippen LogP contribution in [0.4, 0.5) is 9.18 Å². The Hall–Kier alpha value is -3.64. The van der Waals surface area contributed by atoms with Gasteiger partial charge in [-0.1, -0.05) is 23.9 Å². The Morgan fingerprint density at radius 1 is 1.06 bits per heavy atom. The number of nitrogens with zero attached hydrogens (tertiary/aromatic N) is 3. The van der Waals surface area contributed by atoms with Gasteiger partial charge in [0.15, 0.2) is 11.0 Å². The van der Waals surface area contributed by atoms with Crippen LogP contribution in [-0.4, -0.2) is 59.8 Å². The molecule has 0 aliphatic rings. The van der Waals surface area contributed by atoms with Crippen molar-refractivity contribution < 1.29 is 28.2 Å². The van der Waals surface area contributed by atoms with E-state index in [1.165, 1.54) is 17.7 Å². The first-order valence-corrected chi connectivity index (χ1v) is 11.2. The van der Waals surface area contributed by atoms with Crippen LogP contribution in [-0.2, 0) is 16.1 Å². The topological polar surface area (TPSA) is 117 Å². The molecule has 0 radical (unpaired) electrons. The molecule has 1 heterocycles. The number of imide groups is 1. The fourth-order valence-electron chi connectivity index (χ4n) is 2.79. The molecule has 0 fully saturated rings. The molecule has 0 aliphatic carbocycles. The molecule has 3 amide bonds. The number of benzene rings is 2. The highest BCUT2D eigenvalue weighted by Crippen LogP contribution is 2.25. The summed E-state index contributed by atoms with van der Waals surface area (Å²) < 4.78 is 31.8. The normalized spacial score (nSPS) is 10.6. The standard InChI is InChI=1S/C22H24FN5O5S/c1-31-12-11-24-21(30)25-20(29)14-34-22-27-26-19(28(22)18-6-4-3-5-17(18)23)13-33-16-9-7-15(32-2)8-10-16/h3-10H,11-14H2,1-2H3,(H2,24,25,29,30). The van der Waals surface area contributed by atoms with Crippen molar-refractivity contribution in [3.8, 4) is 17.2 Å². The number of para-hydroxylation sites is 1. The van der Waals surface area contributed by atoms with Crippen LogP contribution < -0.4 is 20.1 Å². The summed E-state index contributed by atoms with van der Waals surface area (Å²) in [6.45, 7) is 0.591. The number of aromatic nitrogens is 3. The molecule has 0 aliphatic heterocycles. The van der Waals surface area contributed by atoms with E-state index in [9.17, 15) is 14.0 Å². The van der Waals surface area contributed by atoms with Gasteiger partial charge in [-0.3, -0.25) is 14.7 Å². The molecule has 2 aromatic carbocycles. The lowest BCUT2D eigenvalue weighted by atomic mass is 10.3. The summed E-state index contributed by atoms with van der Waals surface area (Å²) in [6, 6.07) is 12.5. The summed E-state index contributed by atoms with van der Waals surface area (Å²) in [5.41, 5.74) is 0.209. The Morgan fingerprint density at radius 2 is 1.79 bits per heavy atom. The molecule has 0 bridgehead atoms. The summed E-state index contributed by atoms with van der Waals surface area (Å²) in [5.74, 6) is 0.420. The summed E-state index contributed by atoms with van der Waals surface area (Å²) in [5, 5.41) is 13.2. The number of carbonyl (C=O) groups excluding carboxylic acids is 2. The lowest BCUT2D eigenvalue weighted by molar-refractivity contribution is -0.117. The van der Waals surface area contributed by atoms with Gasteiger partial charge in [0.05, 0.1) is 25.2 Å². The van der Waals surface area contributed by atoms with Gasteiger partial charge < -0.3 is 19.5 Å². The molecule has 0 unspecified atom stereocenters. The first-order chi connectivity index (χ1) is 16.5. The van der Waals surface area contributed by atoms with E-state index in [0.29, 0.717) is 23.9 Å². The third-order valence-corrected chi connectivity index (χ3v) is 5.33. The highest BCUT2D eigenvalue weighted by molar-refractivity contribution is 7.99. The van der Waals surface area contributed by atoms with Crippen LogP contribution in [0.5, 0.6) is 11.5 Å². The van der Waals surface area contributed by atoms with Crippen LogP contribution in [0.15, 0.2) is 53.7 Å². The summed E-state index contributed by atoms with van der Waals surface area (Å²) >= 11 is 1.01. The van der Waals surface area contributed by atoms with Gasteiger partial charge in [0.2, 0.25) is 5.91 Å². The van der Waals surface area contributed by atoms with E-state index in [2.05, 4.69) is 20.8 Å². The number of amides is 3. The zero-order valence-electron chi connectivity index (χ0n) is 18.6. The first kappa shape index (κ1) is 25.0. The maximum atomic E-state index is 14.6. The molecule has 0 saturated carbocycles. The average molecular weight is 490 g/mol. The number of rotatable bonds is 11. The molecule has 3 rings (SSSR count). The van der Waals surface area contributed by atoms with Crippen molar-refractivity contribution in [2.24, 2.45) is 0 Å². The van der Waals surface area contributed by atoms with Crippen LogP contribution >= 0.6 is 11.8 Å². The zero-order valence-corrected chi connectivity index (χ0v) is 19.4. The summed E-state index contributed by atoms with van der Waals surface area (Å²) in [4.78, 5) is 23.9. The van der Waals surface area contributed by atoms with Crippen molar-refractivity contribution in [3.63, 3.8) is 0 Å². The molecule has 2 N–H and O–H groups in total. The molecular formula is C22H24FN5O5S. The molecular weight excluding hydrogens is 465 g/mol. The maximum Gasteiger partial charge on any atom is 0.321 e. The minimum atomic E-state index is -0.633. The Kier molecular flexibility index (Phi) is 9.23. The van der Waals surface area contributed by atoms with E-state index < -0.39 is 17.8 Å². The van der Waals surface area contributed by atoms with Crippen molar-refractivity contribution in [2.45, 2.75) is 11.8 Å². The van der Waals surface area contributed by atoms with E-state index in [1.54, 1.807) is 49.6 Å². The molecule has 0 spiro atoms. The number of nitrogens with one attached hydrogen (secondary N) is 2. The molecule has 0 atom stereocenters. The van der Waals surface area contributed by atoms with Crippen molar-refractivity contribution in [2.75, 3.05) is 33.1 Å². The van der Waals surface area contributed by atoms with E-state index >= 15 is 0 Å². The Morgan fingerprint density at radius 3 is 2.50 bits per heavy atom. The molecule has 10 nitrogen and oxygen atoms in total. The molecule has 3 aromatic rings. The van der Waals surface area contributed by atoms with E-state index in [4.69, 9.17) is 14.2 Å². The van der Waals surface area contributed by atoms with Gasteiger partial charge in [0.25, 0.3) is 0 Å². The predicted octanol–water partition coefficient (Wildman–Crippen LogP) is 2.56. The lowest BCUT2D eigenvalue weighted by Crippen LogP contribution is -2.41. The monoisotopic (exact) mass is 489 g/mol. The Bertz CT molecular complexity index is 1110. The Labute approximate surface area is 199 Å². The van der Waals surface area contributed by atoms with E-state index in [-0.39, 0.29) is 29.7 Å². The van der Waals surface area contributed by atoms with Gasteiger partial charge in [0.1, 0.15) is 23.9 Å². The number of ether oxygens (including phenoxy) is 3. The van der Waals surface area contributed by atoms with Crippen LogP contribution in [0.25, 0.3) is 5.69 Å². The zero-order chi connectivity index (χ0) is 24.3. The van der Waals surface area contributed by atoms with Crippen molar-refractivity contribution in [1.82, 2.24) is 25.4 Å². The summed E-state index contributed by atoms with van der Waals surface area (Å²) in [6.07, 6.45) is 0. The number of halogens is 1. The van der Waals surface area contributed by atoms with Crippen LogP contribution in [0.2, 0.25) is 0 Å². The number of thioether (sulfide) groups is 1. The van der Waals surface area contributed by atoms with Gasteiger partial charge in [-0.2, -0.15) is 0 Å². The Balaban J connectivity index is 1.71. The predicted molar refractivity (Wildman–Crippen MR) is 123 cm³/mol. The van der Waals surface area contributed by atoms with Crippen molar-refractivity contribution in [3.05, 3.63) is 60.2 Å². The van der Waals surface area contributed by atoms with E-state index in [0.717, 1.165) is 11.8 Å². The fraction of sp³-hybridized carbons (Fsp3) is 0.273. The van der Waals surface area contributed by atoms with Crippen LogP contribution in [0.1, 0.15) is 5.82 Å². The third-order valence-electron chi connectivity index (χ3n) is 4.40. The molecule has 12 heteroatoms. The third kappa shape index (κ3) is 6.93. The van der Waals surface area contributed by atoms with E-state index in [1.807, 2.05) is 0 Å². The SMILES string of the molecule is COCCNC(=O)NC(=O)CSc1nnc(COc2ccc(OC)cc2)n1-c1ccccc1F. The number of carbonyl (C=O) groups is 2. The minimum absolute atomic E-state index is 0.00231. The smallest absolute Gasteiger partial charge is 0.321 e. The average Bonchev–Trinajstić information content (AvgIpc) is 3.24. The van der Waals surface area contributed by atoms with Gasteiger partial charge in [-0.15, -0.1) is 10.2 Å². The fourth-order valence-corrected chi connectivity index (χ4v) is 3.55. The minimum Gasteiger partial charge on any atom is -0.497 e. The number of urea groups is 1. The quantitative estimate of drug-likeness (QED) is 0.312. The second kappa shape index (κ2) is 12.6. The molecule has 1 aromatic heterocycles. The highest BCUT2D eigenvalue weighted by Gasteiger charge is 2.19. The maximum absolute atomic E-state index is 14.6. The van der Waals surface area contributed by atoms with Crippen LogP contribution in [0.3, 0.4) is 0 Å². The van der Waals surface area contributed by atoms with Crippen molar-refractivity contribution in [1.29, 1.82) is 0 Å². The van der Waals surface area contributed by atoms with Gasteiger partial charge in [-0.25, -0.2) is 9.18 Å². The lowest BCUT2D eigenvalue weighted by Gasteiger charge is -2.12. The molecule has 0 saturated heterocycles. The molecule has 180 valence electrons. The van der Waals surface area contributed by atoms with Crippen LogP contribution in [0, 0.1) is 5.82 Å². The van der Waals surface area contributed by atoms with Gasteiger partial charge in [0, 0.05) is 13.7 Å². The number of hydrogen-bond acceptors (Lipinski definition) is 8.